The van der Waals surface area contributed by atoms with E-state index in [4.69, 9.17) is 9.47 Å². The van der Waals surface area contributed by atoms with Crippen molar-refractivity contribution < 1.29 is 31.1 Å². The van der Waals surface area contributed by atoms with Crippen LogP contribution in [0, 0.1) is 6.92 Å². The summed E-state index contributed by atoms with van der Waals surface area (Å²) in [6.07, 6.45) is -5.42. The molecule has 0 radical (unpaired) electrons. The first-order valence-corrected chi connectivity index (χ1v) is 16.3. The molecule has 0 saturated heterocycles. The van der Waals surface area contributed by atoms with Crippen LogP contribution >= 0.6 is 0 Å². The van der Waals surface area contributed by atoms with E-state index in [1.54, 1.807) is 35.9 Å². The smallest absolute Gasteiger partial charge is 0.427 e. The molecule has 4 rings (SSSR count). The van der Waals surface area contributed by atoms with Crippen LogP contribution in [0.15, 0.2) is 47.5 Å². The zero-order valence-electron chi connectivity index (χ0n) is 20.0. The molecule has 1 unspecified atom stereocenters. The maximum absolute atomic E-state index is 13.7. The van der Waals surface area contributed by atoms with E-state index >= 15 is 0 Å². The maximum Gasteiger partial charge on any atom is 0.427 e. The largest absolute Gasteiger partial charge is 0.461 e. The molecule has 0 saturated carbocycles. The second kappa shape index (κ2) is 9.14. The van der Waals surface area contributed by atoms with E-state index in [1.807, 2.05) is 0 Å². The fourth-order valence-electron chi connectivity index (χ4n) is 3.65. The van der Waals surface area contributed by atoms with Crippen LogP contribution in [-0.2, 0) is 21.5 Å². The number of ether oxygens (including phenoxy) is 2. The normalized spacial score (nSPS) is 16.9. The van der Waals surface area contributed by atoms with Crippen LogP contribution in [0.2, 0.25) is 25.7 Å². The first-order chi connectivity index (χ1) is 16.3. The molecule has 35 heavy (non-hydrogen) atoms. The van der Waals surface area contributed by atoms with Gasteiger partial charge in [0.05, 0.1) is 11.4 Å². The molecule has 7 nitrogen and oxygen atoms in total. The van der Waals surface area contributed by atoms with Gasteiger partial charge in [0.25, 0.3) is 10.0 Å². The van der Waals surface area contributed by atoms with Crippen molar-refractivity contribution in [3.63, 3.8) is 0 Å². The predicted molar refractivity (Wildman–Crippen MR) is 130 cm³/mol. The zero-order valence-corrected chi connectivity index (χ0v) is 21.8. The highest BCUT2D eigenvalue weighted by molar-refractivity contribution is 7.92. The van der Waals surface area contributed by atoms with Gasteiger partial charge in [-0.2, -0.15) is 18.2 Å². The van der Waals surface area contributed by atoms with Gasteiger partial charge in [-0.05, 0) is 37.2 Å². The molecule has 0 spiro atoms. The summed E-state index contributed by atoms with van der Waals surface area (Å²) < 4.78 is 81.2. The van der Waals surface area contributed by atoms with Crippen molar-refractivity contribution in [2.75, 3.05) is 17.5 Å². The minimum absolute atomic E-state index is 0.0315. The third-order valence-corrected chi connectivity index (χ3v) is 9.24. The Balaban J connectivity index is 1.72. The first kappa shape index (κ1) is 25.5. The Labute approximate surface area is 203 Å². The van der Waals surface area contributed by atoms with Crippen molar-refractivity contribution in [2.24, 2.45) is 0 Å². The molecule has 3 aromatic rings. The molecule has 0 fully saturated rings. The number of hydrogen-bond donors (Lipinski definition) is 0. The first-order valence-electron chi connectivity index (χ1n) is 11.2. The number of sulfonamides is 1. The fourth-order valence-corrected chi connectivity index (χ4v) is 5.86. The van der Waals surface area contributed by atoms with Gasteiger partial charge < -0.3 is 14.0 Å². The summed E-state index contributed by atoms with van der Waals surface area (Å²) in [4.78, 5) is 4.20. The molecule has 12 heteroatoms. The van der Waals surface area contributed by atoms with Gasteiger partial charge in [0, 0.05) is 26.3 Å². The second-order valence-corrected chi connectivity index (χ2v) is 17.3. The number of fused-ring (bicyclic) bond motifs is 2. The van der Waals surface area contributed by atoms with Crippen LogP contribution in [0.4, 0.5) is 18.9 Å². The van der Waals surface area contributed by atoms with Crippen molar-refractivity contribution in [1.29, 1.82) is 0 Å². The quantitative estimate of drug-likeness (QED) is 0.313. The van der Waals surface area contributed by atoms with Gasteiger partial charge in [0.2, 0.25) is 12.0 Å². The Morgan fingerprint density at radius 2 is 1.86 bits per heavy atom. The Kier molecular flexibility index (Phi) is 6.66. The molecule has 1 aliphatic heterocycles. The number of hydrogen-bond acceptors (Lipinski definition) is 5. The number of aromatic nitrogens is 2. The van der Waals surface area contributed by atoms with Crippen molar-refractivity contribution in [2.45, 2.75) is 56.5 Å². The average molecular weight is 528 g/mol. The summed E-state index contributed by atoms with van der Waals surface area (Å²) in [6, 6.07) is 10.1. The Hall–Kier alpha value is -2.57. The lowest BCUT2D eigenvalue weighted by atomic mass is 10.2. The third-order valence-electron chi connectivity index (χ3n) is 5.74. The van der Waals surface area contributed by atoms with Gasteiger partial charge in [0.1, 0.15) is 18.1 Å². The molecule has 1 aliphatic rings. The number of aryl methyl sites for hydroxylation is 1. The van der Waals surface area contributed by atoms with Crippen molar-refractivity contribution in [3.8, 4) is 5.88 Å². The number of pyridine rings is 1. The Morgan fingerprint density at radius 1 is 1.17 bits per heavy atom. The van der Waals surface area contributed by atoms with Crippen LogP contribution < -0.4 is 9.04 Å². The number of halogens is 3. The van der Waals surface area contributed by atoms with E-state index in [2.05, 4.69) is 24.6 Å². The number of nitrogens with zero attached hydrogens (tertiary/aromatic N) is 3. The van der Waals surface area contributed by atoms with Crippen LogP contribution in [0.5, 0.6) is 5.88 Å². The lowest BCUT2D eigenvalue weighted by Crippen LogP contribution is -2.50. The van der Waals surface area contributed by atoms with Crippen LogP contribution in [0.25, 0.3) is 11.0 Å². The van der Waals surface area contributed by atoms with E-state index in [-0.39, 0.29) is 23.2 Å². The highest BCUT2D eigenvalue weighted by atomic mass is 32.2. The Bertz CT molecular complexity index is 1320. The molecular formula is C23H28F3N3O4SSi. The van der Waals surface area contributed by atoms with E-state index < -0.39 is 36.9 Å². The fraction of sp³-hybridized carbons (Fsp3) is 0.435. The summed E-state index contributed by atoms with van der Waals surface area (Å²) in [5.74, 6) is -0.385. The number of rotatable bonds is 7. The molecule has 3 heterocycles. The second-order valence-electron chi connectivity index (χ2n) is 9.86. The molecule has 2 aromatic heterocycles. The molecule has 190 valence electrons. The van der Waals surface area contributed by atoms with Gasteiger partial charge >= 0.3 is 6.18 Å². The van der Waals surface area contributed by atoms with Gasteiger partial charge in [-0.25, -0.2) is 8.42 Å². The van der Waals surface area contributed by atoms with Gasteiger partial charge in [0.15, 0.2) is 0 Å². The molecular weight excluding hydrogens is 499 g/mol. The van der Waals surface area contributed by atoms with Crippen molar-refractivity contribution >= 4 is 34.8 Å². The summed E-state index contributed by atoms with van der Waals surface area (Å²) in [5, 5.41) is 0.565. The van der Waals surface area contributed by atoms with Crippen molar-refractivity contribution in [1.82, 2.24) is 9.55 Å². The van der Waals surface area contributed by atoms with E-state index in [0.29, 0.717) is 17.6 Å². The maximum atomic E-state index is 13.7. The topological polar surface area (TPSA) is 73.7 Å². The zero-order chi connectivity index (χ0) is 25.6. The lowest BCUT2D eigenvalue weighted by molar-refractivity contribution is -0.193. The summed E-state index contributed by atoms with van der Waals surface area (Å²) in [7, 11) is -5.57. The Morgan fingerprint density at radius 3 is 2.49 bits per heavy atom. The molecule has 0 amide bonds. The predicted octanol–water partition coefficient (Wildman–Crippen LogP) is 5.18. The lowest BCUT2D eigenvalue weighted by Gasteiger charge is -2.35. The SMILES string of the molecule is Cc1ccc(S(=O)(=O)N2CC(C(F)(F)F)Oc3nc4c(ccn4COCC[Si](C)(C)C)cc32)cc1. The highest BCUT2D eigenvalue weighted by Crippen LogP contribution is 2.41. The number of anilines is 1. The minimum Gasteiger partial charge on any atom is -0.461 e. The van der Waals surface area contributed by atoms with Crippen LogP contribution in [-0.4, -0.2) is 51.5 Å². The van der Waals surface area contributed by atoms with Gasteiger partial charge in [-0.1, -0.05) is 37.3 Å². The van der Waals surface area contributed by atoms with Crippen molar-refractivity contribution in [3.05, 3.63) is 48.2 Å². The third kappa shape index (κ3) is 5.49. The molecule has 1 atom stereocenters. The standard InChI is InChI=1S/C23H28F3N3O4SSi/c1-16-5-7-18(8-6-16)34(30,31)29-14-20(23(24,25)26)33-22-19(29)13-17-9-10-28(21(17)27-22)15-32-11-12-35(2,3)4/h5-10,13,20H,11-12,14-15H2,1-4H3. The van der Waals surface area contributed by atoms with Gasteiger partial charge in [-0.3, -0.25) is 4.31 Å². The highest BCUT2D eigenvalue weighted by Gasteiger charge is 2.49. The number of alkyl halides is 3. The average Bonchev–Trinajstić information content (AvgIpc) is 3.15. The van der Waals surface area contributed by atoms with E-state index in [0.717, 1.165) is 15.9 Å². The van der Waals surface area contributed by atoms with Gasteiger partial charge in [-0.15, -0.1) is 0 Å². The van der Waals surface area contributed by atoms with E-state index in [9.17, 15) is 21.6 Å². The monoisotopic (exact) mass is 527 g/mol. The number of benzene rings is 1. The van der Waals surface area contributed by atoms with E-state index in [1.165, 1.54) is 18.2 Å². The molecule has 1 aromatic carbocycles. The summed E-state index contributed by atoms with van der Waals surface area (Å²) in [5.41, 5.74) is 1.15. The summed E-state index contributed by atoms with van der Waals surface area (Å²) in [6.45, 7) is 8.34. The minimum atomic E-state index is -4.78. The van der Waals surface area contributed by atoms with Crippen LogP contribution in [0.1, 0.15) is 5.56 Å². The molecule has 0 bridgehead atoms. The van der Waals surface area contributed by atoms with Crippen LogP contribution in [0.3, 0.4) is 0 Å². The molecule has 0 N–H and O–H groups in total. The summed E-state index contributed by atoms with van der Waals surface area (Å²) >= 11 is 0. The molecule has 0 aliphatic carbocycles.